The lowest BCUT2D eigenvalue weighted by Crippen LogP contribution is -2.85. The number of quaternary nitrogens is 1. The maximum Gasteiger partial charge on any atom is 0.109 e. The number of benzene rings is 2. The van der Waals surface area contributed by atoms with Gasteiger partial charge in [-0.15, -0.1) is 0 Å². The molecule has 0 amide bonds. The van der Waals surface area contributed by atoms with Crippen molar-refractivity contribution in [2.45, 2.75) is 57.1 Å². The van der Waals surface area contributed by atoms with Crippen LogP contribution in [0.25, 0.3) is 0 Å². The number of rotatable bonds is 6. The van der Waals surface area contributed by atoms with Crippen molar-refractivity contribution in [3.63, 3.8) is 0 Å². The van der Waals surface area contributed by atoms with E-state index in [2.05, 4.69) is 86.8 Å². The molecule has 134 valence electrons. The molecule has 1 heterocycles. The van der Waals surface area contributed by atoms with Crippen LogP contribution in [-0.2, 0) is 10.2 Å². The van der Waals surface area contributed by atoms with Gasteiger partial charge >= 0.3 is 0 Å². The summed E-state index contributed by atoms with van der Waals surface area (Å²) in [6.07, 6.45) is 3.41. The summed E-state index contributed by atoms with van der Waals surface area (Å²) in [6, 6.07) is 22.4. The number of nitrogens with two attached hydrogens (primary N) is 1. The Morgan fingerprint density at radius 1 is 1.00 bits per heavy atom. The molecule has 2 aromatic rings. The van der Waals surface area contributed by atoms with Crippen molar-refractivity contribution < 1.29 is 10.1 Å². The predicted octanol–water partition coefficient (Wildman–Crippen LogP) is 4.23. The van der Waals surface area contributed by atoms with E-state index in [0.29, 0.717) is 6.04 Å². The molecule has 2 N–H and O–H groups in total. The van der Waals surface area contributed by atoms with Crippen LogP contribution in [0.1, 0.15) is 57.2 Å². The summed E-state index contributed by atoms with van der Waals surface area (Å²) in [6.45, 7) is 8.77. The van der Waals surface area contributed by atoms with Crippen molar-refractivity contribution in [2.75, 3.05) is 13.2 Å². The molecule has 0 aliphatic carbocycles. The third-order valence-corrected chi connectivity index (χ3v) is 5.69. The molecule has 0 radical (unpaired) electrons. The van der Waals surface area contributed by atoms with E-state index in [9.17, 15) is 0 Å². The van der Waals surface area contributed by atoms with Crippen LogP contribution in [-0.4, -0.2) is 18.8 Å². The lowest BCUT2D eigenvalue weighted by molar-refractivity contribution is -0.693. The Labute approximate surface area is 152 Å². The summed E-state index contributed by atoms with van der Waals surface area (Å²) in [7, 11) is 0. The summed E-state index contributed by atoms with van der Waals surface area (Å²) < 4.78 is 6.03. The van der Waals surface area contributed by atoms with Gasteiger partial charge in [-0.05, 0) is 39.2 Å². The number of hydrogen-bond donors (Lipinski definition) is 1. The van der Waals surface area contributed by atoms with Gasteiger partial charge in [-0.25, -0.2) is 0 Å². The van der Waals surface area contributed by atoms with Gasteiger partial charge in [0.2, 0.25) is 0 Å². The summed E-state index contributed by atoms with van der Waals surface area (Å²) in [5.74, 6) is 0. The second kappa shape index (κ2) is 7.72. The first-order chi connectivity index (χ1) is 12.0. The van der Waals surface area contributed by atoms with Gasteiger partial charge in [-0.2, -0.15) is 0 Å². The van der Waals surface area contributed by atoms with E-state index in [1.165, 1.54) is 17.5 Å². The normalized spacial score (nSPS) is 24.0. The molecule has 2 aromatic carbocycles. The van der Waals surface area contributed by atoms with E-state index < -0.39 is 0 Å². The zero-order valence-electron chi connectivity index (χ0n) is 15.9. The summed E-state index contributed by atoms with van der Waals surface area (Å²) >= 11 is 0. The smallest absolute Gasteiger partial charge is 0.109 e. The van der Waals surface area contributed by atoms with Gasteiger partial charge in [-0.3, -0.25) is 0 Å². The average Bonchev–Trinajstić information content (AvgIpc) is 2.62. The van der Waals surface area contributed by atoms with Crippen LogP contribution in [0.3, 0.4) is 0 Å². The maximum absolute atomic E-state index is 6.03. The summed E-state index contributed by atoms with van der Waals surface area (Å²) in [5.41, 5.74) is 3.07. The van der Waals surface area contributed by atoms with Crippen LogP contribution in [0, 0.1) is 0 Å². The molecule has 0 aromatic heterocycles. The van der Waals surface area contributed by atoms with Gasteiger partial charge in [0.1, 0.15) is 6.04 Å². The Balaban J connectivity index is 1.71. The molecular formula is C23H32NO+. The Bertz CT molecular complexity index is 652. The van der Waals surface area contributed by atoms with E-state index in [1.54, 1.807) is 0 Å². The highest BCUT2D eigenvalue weighted by Crippen LogP contribution is 2.43. The minimum atomic E-state index is -0.0425. The van der Waals surface area contributed by atoms with Gasteiger partial charge < -0.3 is 10.1 Å². The molecule has 1 aliphatic heterocycles. The van der Waals surface area contributed by atoms with Gasteiger partial charge in [-0.1, -0.05) is 60.7 Å². The third kappa shape index (κ3) is 4.50. The second-order valence-electron chi connectivity index (χ2n) is 8.16. The zero-order chi connectivity index (χ0) is 17.8. The largest absolute Gasteiger partial charge is 0.376 e. The van der Waals surface area contributed by atoms with Crippen LogP contribution < -0.4 is 5.32 Å². The topological polar surface area (TPSA) is 25.8 Å². The van der Waals surface area contributed by atoms with Crippen LogP contribution in [0.2, 0.25) is 0 Å². The molecule has 0 saturated carbocycles. The lowest BCUT2D eigenvalue weighted by atomic mass is 9.67. The first kappa shape index (κ1) is 18.2. The van der Waals surface area contributed by atoms with Gasteiger partial charge in [0.25, 0.3) is 0 Å². The zero-order valence-corrected chi connectivity index (χ0v) is 15.9. The molecule has 3 rings (SSSR count). The highest BCUT2D eigenvalue weighted by molar-refractivity contribution is 5.27. The maximum atomic E-state index is 6.03. The Morgan fingerprint density at radius 2 is 1.64 bits per heavy atom. The van der Waals surface area contributed by atoms with Gasteiger partial charge in [0.05, 0.1) is 12.1 Å². The molecule has 2 heteroatoms. The van der Waals surface area contributed by atoms with Gasteiger partial charge in [0, 0.05) is 24.0 Å². The molecule has 0 bridgehead atoms. The van der Waals surface area contributed by atoms with Crippen molar-refractivity contribution in [1.82, 2.24) is 0 Å². The molecule has 1 fully saturated rings. The third-order valence-electron chi connectivity index (χ3n) is 5.69. The van der Waals surface area contributed by atoms with Crippen LogP contribution in [0.5, 0.6) is 0 Å². The fraction of sp³-hybridized carbons (Fsp3) is 0.478. The molecule has 0 spiro atoms. The average molecular weight is 339 g/mol. The summed E-state index contributed by atoms with van der Waals surface area (Å²) in [4.78, 5) is 0. The van der Waals surface area contributed by atoms with Crippen molar-refractivity contribution in [1.29, 1.82) is 0 Å². The monoisotopic (exact) mass is 338 g/mol. The first-order valence-corrected chi connectivity index (χ1v) is 9.59. The number of hydrogen-bond acceptors (Lipinski definition) is 1. The second-order valence-corrected chi connectivity index (χ2v) is 8.16. The Kier molecular flexibility index (Phi) is 5.61. The predicted molar refractivity (Wildman–Crippen MR) is 104 cm³/mol. The van der Waals surface area contributed by atoms with Crippen molar-refractivity contribution >= 4 is 0 Å². The van der Waals surface area contributed by atoms with Crippen LogP contribution in [0.4, 0.5) is 0 Å². The molecule has 2 nitrogen and oxygen atoms in total. The molecule has 25 heavy (non-hydrogen) atoms. The Morgan fingerprint density at radius 3 is 2.28 bits per heavy atom. The lowest BCUT2D eigenvalue weighted by Gasteiger charge is -2.45. The minimum Gasteiger partial charge on any atom is -0.376 e. The van der Waals surface area contributed by atoms with E-state index in [0.717, 1.165) is 26.0 Å². The molecule has 1 saturated heterocycles. The standard InChI is InChI=1S/C23H31NO/c1-19(20-10-6-4-7-11-20)24-16-14-23(21-12-8-5-9-13-21)15-17-25-22(2,3)18-23/h4-13,19,24H,14-18H2,1-3H3/p+1/t19-,23+/m0/s1. The summed E-state index contributed by atoms with van der Waals surface area (Å²) in [5, 5.41) is 2.49. The highest BCUT2D eigenvalue weighted by Gasteiger charge is 2.42. The van der Waals surface area contributed by atoms with Crippen molar-refractivity contribution in [2.24, 2.45) is 0 Å². The quantitative estimate of drug-likeness (QED) is 0.838. The molecule has 1 aliphatic rings. The Hall–Kier alpha value is -1.64. The fourth-order valence-corrected chi connectivity index (χ4v) is 4.38. The number of ether oxygens (including phenoxy) is 1. The van der Waals surface area contributed by atoms with Crippen LogP contribution in [0.15, 0.2) is 60.7 Å². The molecule has 0 unspecified atom stereocenters. The first-order valence-electron chi connectivity index (χ1n) is 9.59. The highest BCUT2D eigenvalue weighted by atomic mass is 16.5. The van der Waals surface area contributed by atoms with E-state index in [4.69, 9.17) is 4.74 Å². The van der Waals surface area contributed by atoms with Gasteiger partial charge in [0.15, 0.2) is 0 Å². The van der Waals surface area contributed by atoms with Crippen molar-refractivity contribution in [3.8, 4) is 0 Å². The molecular weight excluding hydrogens is 306 g/mol. The fourth-order valence-electron chi connectivity index (χ4n) is 4.38. The molecule has 2 atom stereocenters. The SMILES string of the molecule is C[C@H]([NH2+]CC[C@@]1(c2ccccc2)CCOC(C)(C)C1)c1ccccc1. The van der Waals surface area contributed by atoms with E-state index >= 15 is 0 Å². The van der Waals surface area contributed by atoms with E-state index in [-0.39, 0.29) is 11.0 Å². The van der Waals surface area contributed by atoms with E-state index in [1.807, 2.05) is 0 Å². The van der Waals surface area contributed by atoms with Crippen molar-refractivity contribution in [3.05, 3.63) is 71.8 Å². The van der Waals surface area contributed by atoms with Crippen LogP contribution >= 0.6 is 0 Å². The minimum absolute atomic E-state index is 0.0425.